The number of nitrogens with zero attached hydrogens (tertiary/aromatic N) is 4. The summed E-state index contributed by atoms with van der Waals surface area (Å²) < 4.78 is 5.81. The summed E-state index contributed by atoms with van der Waals surface area (Å²) in [5, 5.41) is 11.4. The molecule has 0 unspecified atom stereocenters. The Morgan fingerprint density at radius 2 is 2.39 bits per heavy atom. The molecule has 0 aliphatic carbocycles. The molecule has 0 aromatic carbocycles. The van der Waals surface area contributed by atoms with E-state index in [1.165, 1.54) is 0 Å². The molecule has 0 atom stereocenters. The van der Waals surface area contributed by atoms with E-state index in [0.717, 1.165) is 0 Å². The summed E-state index contributed by atoms with van der Waals surface area (Å²) in [4.78, 5) is 10.4. The van der Waals surface area contributed by atoms with Gasteiger partial charge in [0.15, 0.2) is 0 Å². The van der Waals surface area contributed by atoms with Gasteiger partial charge in [-0.1, -0.05) is 5.16 Å². The van der Waals surface area contributed by atoms with Crippen LogP contribution in [0.25, 0.3) is 0 Å². The highest BCUT2D eigenvalue weighted by Gasteiger charge is 2.11. The highest BCUT2D eigenvalue weighted by atomic mass is 79.9. The summed E-state index contributed by atoms with van der Waals surface area (Å²) in [5.41, 5.74) is 5.43. The van der Waals surface area contributed by atoms with E-state index in [1.807, 2.05) is 11.8 Å². The lowest BCUT2D eigenvalue weighted by Crippen LogP contribution is -2.29. The molecule has 1 aromatic heterocycles. The number of anilines is 1. The topological polar surface area (TPSA) is 96.9 Å². The van der Waals surface area contributed by atoms with E-state index in [2.05, 4.69) is 31.1 Å². The predicted octanol–water partition coefficient (Wildman–Crippen LogP) is 1.21. The molecule has 0 aliphatic rings. The van der Waals surface area contributed by atoms with Crippen molar-refractivity contribution in [1.82, 2.24) is 9.97 Å². The Kier molecular flexibility index (Phi) is 5.63. The summed E-state index contributed by atoms with van der Waals surface area (Å²) in [6.45, 7) is 3.25. The van der Waals surface area contributed by atoms with E-state index in [0.29, 0.717) is 35.8 Å². The lowest BCUT2D eigenvalue weighted by molar-refractivity contribution is 0.317. The van der Waals surface area contributed by atoms with Gasteiger partial charge < -0.3 is 20.6 Å². The SMILES string of the molecule is CCN(CCC(N)=NO)c1ncc(Br)c(OC)n1. The van der Waals surface area contributed by atoms with Crippen LogP contribution in [-0.2, 0) is 0 Å². The van der Waals surface area contributed by atoms with E-state index < -0.39 is 0 Å². The maximum absolute atomic E-state index is 8.50. The Morgan fingerprint density at radius 1 is 1.67 bits per heavy atom. The summed E-state index contributed by atoms with van der Waals surface area (Å²) >= 11 is 3.29. The summed E-state index contributed by atoms with van der Waals surface area (Å²) in [6, 6.07) is 0. The molecular weight excluding hydrogens is 302 g/mol. The van der Waals surface area contributed by atoms with Crippen LogP contribution in [0.5, 0.6) is 5.88 Å². The van der Waals surface area contributed by atoms with Gasteiger partial charge in [0.2, 0.25) is 11.8 Å². The fourth-order valence-corrected chi connectivity index (χ4v) is 1.69. The van der Waals surface area contributed by atoms with E-state index in [4.69, 9.17) is 15.7 Å². The van der Waals surface area contributed by atoms with Crippen LogP contribution in [0.2, 0.25) is 0 Å². The van der Waals surface area contributed by atoms with Gasteiger partial charge in [-0.15, -0.1) is 0 Å². The Morgan fingerprint density at radius 3 is 2.94 bits per heavy atom. The first kappa shape index (κ1) is 14.5. The molecule has 0 amide bonds. The van der Waals surface area contributed by atoms with Gasteiger partial charge in [0.1, 0.15) is 5.84 Å². The number of hydrogen-bond acceptors (Lipinski definition) is 6. The van der Waals surface area contributed by atoms with E-state index in [9.17, 15) is 0 Å². The van der Waals surface area contributed by atoms with Crippen LogP contribution in [-0.4, -0.2) is 41.2 Å². The summed E-state index contributed by atoms with van der Waals surface area (Å²) in [6.07, 6.45) is 2.07. The first-order chi connectivity index (χ1) is 8.62. The Bertz CT molecular complexity index is 427. The minimum atomic E-state index is 0.178. The number of rotatable bonds is 6. The molecule has 7 nitrogen and oxygen atoms in total. The third-order valence-corrected chi connectivity index (χ3v) is 2.87. The molecule has 100 valence electrons. The number of halogens is 1. The van der Waals surface area contributed by atoms with Crippen LogP contribution in [0.4, 0.5) is 5.95 Å². The van der Waals surface area contributed by atoms with Crippen molar-refractivity contribution in [2.24, 2.45) is 10.9 Å². The quantitative estimate of drug-likeness (QED) is 0.354. The van der Waals surface area contributed by atoms with Crippen LogP contribution in [0.15, 0.2) is 15.8 Å². The molecular formula is C10H16BrN5O2. The smallest absolute Gasteiger partial charge is 0.232 e. The van der Waals surface area contributed by atoms with E-state index in [-0.39, 0.29) is 5.84 Å². The van der Waals surface area contributed by atoms with Gasteiger partial charge in [0, 0.05) is 19.5 Å². The molecule has 3 N–H and O–H groups in total. The predicted molar refractivity (Wildman–Crippen MR) is 72.2 cm³/mol. The van der Waals surface area contributed by atoms with Crippen molar-refractivity contribution in [3.8, 4) is 5.88 Å². The fourth-order valence-electron chi connectivity index (χ4n) is 1.34. The van der Waals surface area contributed by atoms with Gasteiger partial charge in [-0.3, -0.25) is 0 Å². The zero-order valence-corrected chi connectivity index (χ0v) is 11.9. The second-order valence-corrected chi connectivity index (χ2v) is 4.30. The summed E-state index contributed by atoms with van der Waals surface area (Å²) in [7, 11) is 1.55. The fraction of sp³-hybridized carbons (Fsp3) is 0.500. The third kappa shape index (κ3) is 3.73. The van der Waals surface area contributed by atoms with Crippen molar-refractivity contribution >= 4 is 27.7 Å². The van der Waals surface area contributed by atoms with Crippen LogP contribution in [0.1, 0.15) is 13.3 Å². The Balaban J connectivity index is 2.81. The lowest BCUT2D eigenvalue weighted by atomic mass is 10.3. The maximum Gasteiger partial charge on any atom is 0.232 e. The molecule has 0 radical (unpaired) electrons. The number of methoxy groups -OCH3 is 1. The molecule has 0 saturated carbocycles. The lowest BCUT2D eigenvalue weighted by Gasteiger charge is -2.20. The molecule has 1 heterocycles. The van der Waals surface area contributed by atoms with Crippen LogP contribution < -0.4 is 15.4 Å². The second-order valence-electron chi connectivity index (χ2n) is 3.45. The molecule has 0 fully saturated rings. The van der Waals surface area contributed by atoms with Crippen molar-refractivity contribution < 1.29 is 9.94 Å². The maximum atomic E-state index is 8.50. The highest BCUT2D eigenvalue weighted by Crippen LogP contribution is 2.23. The monoisotopic (exact) mass is 317 g/mol. The van der Waals surface area contributed by atoms with Gasteiger partial charge >= 0.3 is 0 Å². The zero-order valence-electron chi connectivity index (χ0n) is 10.3. The molecule has 0 bridgehead atoms. The number of hydrogen-bond donors (Lipinski definition) is 2. The number of oxime groups is 1. The largest absolute Gasteiger partial charge is 0.480 e. The van der Waals surface area contributed by atoms with Gasteiger partial charge in [-0.05, 0) is 22.9 Å². The first-order valence-corrected chi connectivity index (χ1v) is 6.19. The minimum absolute atomic E-state index is 0.178. The van der Waals surface area contributed by atoms with Crippen molar-refractivity contribution in [2.75, 3.05) is 25.1 Å². The molecule has 1 aromatic rings. The Labute approximate surface area is 114 Å². The van der Waals surface area contributed by atoms with Crippen molar-refractivity contribution in [1.29, 1.82) is 0 Å². The van der Waals surface area contributed by atoms with Crippen LogP contribution in [0.3, 0.4) is 0 Å². The number of aromatic nitrogens is 2. The summed E-state index contributed by atoms with van der Waals surface area (Å²) in [5.74, 6) is 1.20. The van der Waals surface area contributed by atoms with E-state index in [1.54, 1.807) is 13.3 Å². The number of amidine groups is 1. The average molecular weight is 318 g/mol. The molecule has 1 rings (SSSR count). The average Bonchev–Trinajstić information content (AvgIpc) is 2.40. The van der Waals surface area contributed by atoms with Gasteiger partial charge in [-0.2, -0.15) is 4.98 Å². The van der Waals surface area contributed by atoms with Crippen LogP contribution >= 0.6 is 15.9 Å². The van der Waals surface area contributed by atoms with Crippen molar-refractivity contribution in [2.45, 2.75) is 13.3 Å². The highest BCUT2D eigenvalue weighted by molar-refractivity contribution is 9.10. The molecule has 8 heteroatoms. The first-order valence-electron chi connectivity index (χ1n) is 5.40. The molecule has 0 saturated heterocycles. The number of ether oxygens (including phenoxy) is 1. The second kappa shape index (κ2) is 7.00. The normalized spacial score (nSPS) is 11.4. The molecule has 0 spiro atoms. The van der Waals surface area contributed by atoms with Crippen LogP contribution in [0, 0.1) is 0 Å². The standard InChI is InChI=1S/C10H16BrN5O2/c1-3-16(5-4-8(12)15-17)10-13-6-7(11)9(14-10)18-2/h6,17H,3-5H2,1-2H3,(H2,12,15). The minimum Gasteiger partial charge on any atom is -0.480 e. The zero-order chi connectivity index (χ0) is 13.5. The van der Waals surface area contributed by atoms with Crippen molar-refractivity contribution in [3.05, 3.63) is 10.7 Å². The molecule has 0 aliphatic heterocycles. The van der Waals surface area contributed by atoms with Crippen molar-refractivity contribution in [3.63, 3.8) is 0 Å². The van der Waals surface area contributed by atoms with Gasteiger partial charge in [0.25, 0.3) is 0 Å². The molecule has 18 heavy (non-hydrogen) atoms. The number of nitrogens with two attached hydrogens (primary N) is 1. The van der Waals surface area contributed by atoms with E-state index >= 15 is 0 Å². The van der Waals surface area contributed by atoms with Gasteiger partial charge in [-0.25, -0.2) is 4.98 Å². The third-order valence-electron chi connectivity index (χ3n) is 2.32. The Hall–Kier alpha value is -1.57. The van der Waals surface area contributed by atoms with Gasteiger partial charge in [0.05, 0.1) is 17.8 Å².